The van der Waals surface area contributed by atoms with Gasteiger partial charge in [0, 0.05) is 41.7 Å². The van der Waals surface area contributed by atoms with Gasteiger partial charge in [-0.3, -0.25) is 19.3 Å². The number of hydrogen-bond donors (Lipinski definition) is 6. The number of amides is 1. The lowest BCUT2D eigenvalue weighted by molar-refractivity contribution is -0.175. The van der Waals surface area contributed by atoms with E-state index >= 15 is 0 Å². The van der Waals surface area contributed by atoms with E-state index in [9.17, 15) is 34.8 Å². The number of aliphatic hydroxyl groups is 3. The van der Waals surface area contributed by atoms with E-state index in [2.05, 4.69) is 12.2 Å². The van der Waals surface area contributed by atoms with Gasteiger partial charge in [-0.2, -0.15) is 0 Å². The topological polar surface area (TPSA) is 192 Å². The SMILES string of the molecule is CCCCOCCCNCc1ccc(OC)c(-c2ccc(O)c3c2C[C@@]2(C)C[C@@]4(C)[C@H](N(C)C)C(=O)C(C(N)=O)=C(O)[C@@]4(O)C(=O)C2=C3O)c1. The number of carbonyl (C=O) groups is 3. The van der Waals surface area contributed by atoms with Crippen LogP contribution in [0.1, 0.15) is 63.1 Å². The van der Waals surface area contributed by atoms with Crippen LogP contribution in [0.25, 0.3) is 16.9 Å². The molecule has 1 saturated carbocycles. The van der Waals surface area contributed by atoms with Crippen molar-refractivity contribution in [1.29, 1.82) is 0 Å². The number of methoxy groups -OCH3 is 1. The molecule has 0 saturated heterocycles. The highest BCUT2D eigenvalue weighted by molar-refractivity contribution is 6.25. The van der Waals surface area contributed by atoms with Crippen LogP contribution in [0.4, 0.5) is 0 Å². The smallest absolute Gasteiger partial charge is 0.255 e. The summed E-state index contributed by atoms with van der Waals surface area (Å²) in [4.78, 5) is 42.2. The maximum atomic E-state index is 14.6. The van der Waals surface area contributed by atoms with Gasteiger partial charge >= 0.3 is 0 Å². The third-order valence-electron chi connectivity index (χ3n) is 10.7. The summed E-state index contributed by atoms with van der Waals surface area (Å²) in [5.41, 5.74) is 1.68. The summed E-state index contributed by atoms with van der Waals surface area (Å²) in [6.45, 7) is 8.20. The van der Waals surface area contributed by atoms with Crippen LogP contribution in [0.5, 0.6) is 11.5 Å². The van der Waals surface area contributed by atoms with Crippen LogP contribution < -0.4 is 15.8 Å². The van der Waals surface area contributed by atoms with Gasteiger partial charge in [-0.1, -0.05) is 39.3 Å². The molecule has 0 aliphatic heterocycles. The second-order valence-electron chi connectivity index (χ2n) is 14.4. The van der Waals surface area contributed by atoms with Crippen molar-refractivity contribution >= 4 is 23.2 Å². The molecule has 50 heavy (non-hydrogen) atoms. The maximum Gasteiger partial charge on any atom is 0.255 e. The van der Waals surface area contributed by atoms with Crippen molar-refractivity contribution in [2.24, 2.45) is 16.6 Å². The van der Waals surface area contributed by atoms with Crippen LogP contribution in [-0.2, 0) is 32.1 Å². The zero-order valence-electron chi connectivity index (χ0n) is 29.7. The number of likely N-dealkylation sites (N-methyl/N-ethyl adjacent to an activating group) is 1. The van der Waals surface area contributed by atoms with E-state index in [1.165, 1.54) is 17.9 Å². The lowest BCUT2D eigenvalue weighted by Gasteiger charge is -2.59. The van der Waals surface area contributed by atoms with Gasteiger partial charge in [-0.15, -0.1) is 0 Å². The van der Waals surface area contributed by atoms with Gasteiger partial charge in [0.05, 0.1) is 18.7 Å². The standard InChI is InChI=1S/C38H49N3O9/c1-7-8-15-50-16-9-14-40-19-21-10-13-26(49-6)23(17-21)22-11-12-25(42)27-24(22)18-36(2)20-37(3)32(41(4)5)31(44)28(35(39)47)33(45)38(37,48)34(46)29(36)30(27)43/h10-13,17,32,40,42-43,45,48H,7-9,14-16,18-20H2,1-6H3,(H2,39,47)/t32-,36+,37+,38-/m1/s1. The van der Waals surface area contributed by atoms with Crippen molar-refractivity contribution in [3.8, 4) is 22.6 Å². The van der Waals surface area contributed by atoms with E-state index in [0.29, 0.717) is 35.6 Å². The first-order valence-electron chi connectivity index (χ1n) is 17.0. The minimum atomic E-state index is -2.78. The molecule has 0 radical (unpaired) electrons. The molecule has 1 amide bonds. The number of nitrogens with two attached hydrogens (primary N) is 1. The number of hydrogen-bond acceptors (Lipinski definition) is 11. The van der Waals surface area contributed by atoms with Gasteiger partial charge in [0.2, 0.25) is 5.78 Å². The van der Waals surface area contributed by atoms with E-state index in [1.54, 1.807) is 34.2 Å². The number of benzene rings is 2. The Labute approximate surface area is 292 Å². The van der Waals surface area contributed by atoms with Gasteiger partial charge in [0.15, 0.2) is 11.4 Å². The number of phenolic OH excluding ortho intramolecular Hbond substituents is 1. The molecule has 12 heteroatoms. The number of primary amides is 1. The number of rotatable bonds is 13. The van der Waals surface area contributed by atoms with Crippen LogP contribution in [0.2, 0.25) is 0 Å². The molecule has 3 aliphatic rings. The molecular weight excluding hydrogens is 642 g/mol. The summed E-state index contributed by atoms with van der Waals surface area (Å²) >= 11 is 0. The Hall–Kier alpha value is -4.23. The lowest BCUT2D eigenvalue weighted by atomic mass is 9.46. The zero-order valence-corrected chi connectivity index (χ0v) is 29.7. The van der Waals surface area contributed by atoms with E-state index in [1.807, 2.05) is 18.2 Å². The molecule has 0 aromatic heterocycles. The zero-order chi connectivity index (χ0) is 36.8. The van der Waals surface area contributed by atoms with Crippen molar-refractivity contribution in [3.05, 3.63) is 63.9 Å². The minimum absolute atomic E-state index is 0.0128. The Kier molecular flexibility index (Phi) is 10.2. The van der Waals surface area contributed by atoms with Crippen molar-refractivity contribution in [2.75, 3.05) is 41.0 Å². The predicted octanol–water partition coefficient (Wildman–Crippen LogP) is 3.72. The molecule has 5 rings (SSSR count). The quantitative estimate of drug-likeness (QED) is 0.133. The number of Topliss-reactive ketones (excluding diaryl/α,β-unsaturated/α-hetero) is 2. The molecule has 0 heterocycles. The van der Waals surface area contributed by atoms with E-state index in [4.69, 9.17) is 15.2 Å². The number of phenols is 1. The summed E-state index contributed by atoms with van der Waals surface area (Å²) in [7, 11) is 4.71. The normalized spacial score (nSPS) is 26.2. The van der Waals surface area contributed by atoms with Crippen molar-refractivity contribution in [2.45, 2.75) is 71.1 Å². The number of ether oxygens (including phenoxy) is 2. The molecule has 0 unspecified atom stereocenters. The third-order valence-corrected chi connectivity index (χ3v) is 10.7. The fourth-order valence-corrected chi connectivity index (χ4v) is 8.53. The van der Waals surface area contributed by atoms with Crippen LogP contribution in [0.3, 0.4) is 0 Å². The molecule has 0 bridgehead atoms. The first-order chi connectivity index (χ1) is 23.6. The summed E-state index contributed by atoms with van der Waals surface area (Å²) in [5, 5.41) is 50.0. The molecule has 12 nitrogen and oxygen atoms in total. The summed E-state index contributed by atoms with van der Waals surface area (Å²) in [6, 6.07) is 7.73. The molecule has 1 fully saturated rings. The number of ketones is 2. The predicted molar refractivity (Wildman–Crippen MR) is 188 cm³/mol. The number of nitrogens with zero attached hydrogens (tertiary/aromatic N) is 1. The molecule has 7 N–H and O–H groups in total. The highest BCUT2D eigenvalue weighted by atomic mass is 16.5. The number of aliphatic hydroxyl groups excluding tert-OH is 2. The molecule has 270 valence electrons. The van der Waals surface area contributed by atoms with Crippen LogP contribution in [0.15, 0.2) is 47.2 Å². The number of fused-ring (bicyclic) bond motifs is 3. The Morgan fingerprint density at radius 3 is 2.40 bits per heavy atom. The molecular formula is C38H49N3O9. The molecule has 0 spiro atoms. The second-order valence-corrected chi connectivity index (χ2v) is 14.4. The highest BCUT2D eigenvalue weighted by Gasteiger charge is 2.72. The largest absolute Gasteiger partial charge is 0.508 e. The number of carbonyl (C=O) groups excluding carboxylic acids is 3. The number of nitrogens with one attached hydrogen (secondary N) is 1. The van der Waals surface area contributed by atoms with Crippen LogP contribution in [0, 0.1) is 10.8 Å². The average Bonchev–Trinajstić information content (AvgIpc) is 3.03. The van der Waals surface area contributed by atoms with Gasteiger partial charge in [0.25, 0.3) is 5.91 Å². The molecule has 4 atom stereocenters. The summed E-state index contributed by atoms with van der Waals surface area (Å²) in [5.74, 6) is -4.58. The van der Waals surface area contributed by atoms with Crippen molar-refractivity contribution in [1.82, 2.24) is 10.2 Å². The van der Waals surface area contributed by atoms with Gasteiger partial charge < -0.3 is 41.0 Å². The Morgan fingerprint density at radius 2 is 1.76 bits per heavy atom. The number of aromatic hydroxyl groups is 1. The first-order valence-corrected chi connectivity index (χ1v) is 17.0. The highest BCUT2D eigenvalue weighted by Crippen LogP contribution is 2.63. The van der Waals surface area contributed by atoms with Gasteiger partial charge in [-0.05, 0) is 81.2 Å². The number of unbranched alkanes of at least 4 members (excludes halogenated alkanes) is 1. The average molecular weight is 692 g/mol. The maximum absolute atomic E-state index is 14.6. The van der Waals surface area contributed by atoms with E-state index in [-0.39, 0.29) is 29.7 Å². The fourth-order valence-electron chi connectivity index (χ4n) is 8.53. The summed E-state index contributed by atoms with van der Waals surface area (Å²) < 4.78 is 11.4. The molecule has 3 aliphatic carbocycles. The van der Waals surface area contributed by atoms with E-state index < -0.39 is 57.0 Å². The lowest BCUT2D eigenvalue weighted by Crippen LogP contribution is -2.72. The van der Waals surface area contributed by atoms with Crippen molar-refractivity contribution in [3.63, 3.8) is 0 Å². The third kappa shape index (κ3) is 5.77. The summed E-state index contributed by atoms with van der Waals surface area (Å²) in [6.07, 6.45) is 3.07. The monoisotopic (exact) mass is 691 g/mol. The first kappa shape index (κ1) is 37.0. The minimum Gasteiger partial charge on any atom is -0.508 e. The van der Waals surface area contributed by atoms with Crippen LogP contribution in [-0.4, -0.2) is 95.4 Å². The van der Waals surface area contributed by atoms with Crippen molar-refractivity contribution < 1.29 is 44.3 Å². The van der Waals surface area contributed by atoms with E-state index in [0.717, 1.165) is 38.0 Å². The Balaban J connectivity index is 1.60. The van der Waals surface area contributed by atoms with Crippen LogP contribution >= 0.6 is 0 Å². The Bertz CT molecular complexity index is 1780. The van der Waals surface area contributed by atoms with Gasteiger partial charge in [-0.25, -0.2) is 0 Å². The molecule has 2 aromatic rings. The molecule has 2 aromatic carbocycles. The van der Waals surface area contributed by atoms with Gasteiger partial charge in [0.1, 0.15) is 28.6 Å². The Morgan fingerprint density at radius 1 is 1.06 bits per heavy atom. The second kappa shape index (κ2) is 13.8. The fraction of sp³-hybridized carbons (Fsp3) is 0.500.